The maximum Gasteiger partial charge on any atom is 0.239 e. The van der Waals surface area contributed by atoms with Gasteiger partial charge in [0.05, 0.1) is 0 Å². The lowest BCUT2D eigenvalue weighted by Gasteiger charge is -2.16. The van der Waals surface area contributed by atoms with Crippen LogP contribution < -0.4 is 11.1 Å². The van der Waals surface area contributed by atoms with E-state index < -0.39 is 0 Å². The van der Waals surface area contributed by atoms with Gasteiger partial charge in [-0.25, -0.2) is 0 Å². The van der Waals surface area contributed by atoms with E-state index in [1.165, 1.54) is 19.3 Å². The Labute approximate surface area is 95.0 Å². The molecule has 2 atom stereocenters. The van der Waals surface area contributed by atoms with Gasteiger partial charge in [0.1, 0.15) is 12.4 Å². The third-order valence-corrected chi connectivity index (χ3v) is 3.15. The molecule has 1 aliphatic carbocycles. The van der Waals surface area contributed by atoms with Gasteiger partial charge in [-0.3, -0.25) is 9.48 Å². The second-order valence-corrected chi connectivity index (χ2v) is 4.52. The van der Waals surface area contributed by atoms with Crippen LogP contribution in [0.4, 0.5) is 5.82 Å². The molecule has 1 aromatic heterocycles. The van der Waals surface area contributed by atoms with Gasteiger partial charge in [-0.1, -0.05) is 13.3 Å². The largest absolute Gasteiger partial charge is 0.368 e. The van der Waals surface area contributed by atoms with Crippen molar-refractivity contribution in [3.05, 3.63) is 12.3 Å². The SMILES string of the molecule is CC1CCCC1Nc1ccn(CC(N)=O)n1. The van der Waals surface area contributed by atoms with Gasteiger partial charge < -0.3 is 11.1 Å². The van der Waals surface area contributed by atoms with E-state index in [0.717, 1.165) is 5.82 Å². The Balaban J connectivity index is 1.94. The fraction of sp³-hybridized carbons (Fsp3) is 0.636. The van der Waals surface area contributed by atoms with E-state index in [1.807, 2.05) is 6.07 Å². The van der Waals surface area contributed by atoms with Crippen LogP contribution in [0.15, 0.2) is 12.3 Å². The fourth-order valence-electron chi connectivity index (χ4n) is 2.24. The fourth-order valence-corrected chi connectivity index (χ4v) is 2.24. The molecule has 0 saturated heterocycles. The van der Waals surface area contributed by atoms with Crippen molar-refractivity contribution >= 4 is 11.7 Å². The molecule has 1 aliphatic rings. The van der Waals surface area contributed by atoms with Crippen molar-refractivity contribution in [3.63, 3.8) is 0 Å². The molecule has 1 amide bonds. The summed E-state index contributed by atoms with van der Waals surface area (Å²) in [4.78, 5) is 10.7. The number of rotatable bonds is 4. The second kappa shape index (κ2) is 4.55. The van der Waals surface area contributed by atoms with Gasteiger partial charge in [0, 0.05) is 18.3 Å². The van der Waals surface area contributed by atoms with Crippen molar-refractivity contribution < 1.29 is 4.79 Å². The molecule has 0 radical (unpaired) electrons. The second-order valence-electron chi connectivity index (χ2n) is 4.52. The van der Waals surface area contributed by atoms with E-state index in [-0.39, 0.29) is 12.5 Å². The van der Waals surface area contributed by atoms with Crippen molar-refractivity contribution in [2.24, 2.45) is 11.7 Å². The number of nitrogens with zero attached hydrogens (tertiary/aromatic N) is 2. The van der Waals surface area contributed by atoms with Crippen molar-refractivity contribution in [2.75, 3.05) is 5.32 Å². The first-order chi connectivity index (χ1) is 7.65. The zero-order valence-corrected chi connectivity index (χ0v) is 9.52. The Hall–Kier alpha value is -1.52. The summed E-state index contributed by atoms with van der Waals surface area (Å²) < 4.78 is 1.56. The van der Waals surface area contributed by atoms with E-state index in [2.05, 4.69) is 17.3 Å². The summed E-state index contributed by atoms with van der Waals surface area (Å²) in [6.07, 6.45) is 5.52. The Kier molecular flexibility index (Phi) is 3.12. The zero-order chi connectivity index (χ0) is 11.5. The lowest BCUT2D eigenvalue weighted by Crippen LogP contribution is -2.23. The predicted molar refractivity (Wildman–Crippen MR) is 61.8 cm³/mol. The molecule has 0 aliphatic heterocycles. The Morgan fingerprint density at radius 3 is 3.12 bits per heavy atom. The number of amides is 1. The van der Waals surface area contributed by atoms with Crippen molar-refractivity contribution in [1.29, 1.82) is 0 Å². The predicted octanol–water partition coefficient (Wildman–Crippen LogP) is 0.969. The monoisotopic (exact) mass is 222 g/mol. The Morgan fingerprint density at radius 1 is 1.69 bits per heavy atom. The number of nitrogens with one attached hydrogen (secondary N) is 1. The van der Waals surface area contributed by atoms with Crippen LogP contribution in [0.5, 0.6) is 0 Å². The highest BCUT2D eigenvalue weighted by atomic mass is 16.1. The summed E-state index contributed by atoms with van der Waals surface area (Å²) >= 11 is 0. The van der Waals surface area contributed by atoms with E-state index in [9.17, 15) is 4.79 Å². The lowest BCUT2D eigenvalue weighted by atomic mass is 10.1. The van der Waals surface area contributed by atoms with Crippen molar-refractivity contribution in [2.45, 2.75) is 38.8 Å². The molecular weight excluding hydrogens is 204 g/mol. The lowest BCUT2D eigenvalue weighted by molar-refractivity contribution is -0.118. The number of hydrogen-bond donors (Lipinski definition) is 2. The number of nitrogens with two attached hydrogens (primary N) is 1. The van der Waals surface area contributed by atoms with Gasteiger partial charge in [0.2, 0.25) is 5.91 Å². The summed E-state index contributed by atoms with van der Waals surface area (Å²) in [6, 6.07) is 2.39. The molecule has 16 heavy (non-hydrogen) atoms. The molecule has 5 heteroatoms. The molecule has 1 heterocycles. The first-order valence-corrected chi connectivity index (χ1v) is 5.73. The molecule has 2 unspecified atom stereocenters. The van der Waals surface area contributed by atoms with Crippen molar-refractivity contribution in [1.82, 2.24) is 9.78 Å². The van der Waals surface area contributed by atoms with E-state index >= 15 is 0 Å². The van der Waals surface area contributed by atoms with Crippen LogP contribution in [0.2, 0.25) is 0 Å². The normalized spacial score (nSPS) is 24.6. The summed E-state index contributed by atoms with van der Waals surface area (Å²) in [6.45, 7) is 2.40. The minimum absolute atomic E-state index is 0.141. The van der Waals surface area contributed by atoms with Gasteiger partial charge in [-0.2, -0.15) is 5.10 Å². The molecule has 1 saturated carbocycles. The molecule has 3 N–H and O–H groups in total. The highest BCUT2D eigenvalue weighted by Crippen LogP contribution is 2.27. The van der Waals surface area contributed by atoms with Crippen LogP contribution in [0, 0.1) is 5.92 Å². The van der Waals surface area contributed by atoms with Gasteiger partial charge in [-0.05, 0) is 18.8 Å². The molecule has 0 aromatic carbocycles. The average Bonchev–Trinajstić information content (AvgIpc) is 2.77. The van der Waals surface area contributed by atoms with E-state index in [0.29, 0.717) is 12.0 Å². The summed E-state index contributed by atoms with van der Waals surface area (Å²) in [5.74, 6) is 1.16. The smallest absolute Gasteiger partial charge is 0.239 e. The Bertz CT molecular complexity index is 374. The minimum atomic E-state index is -0.371. The number of carbonyl (C=O) groups excluding carboxylic acids is 1. The maximum absolute atomic E-state index is 10.7. The van der Waals surface area contributed by atoms with E-state index in [1.54, 1.807) is 10.9 Å². The quantitative estimate of drug-likeness (QED) is 0.797. The summed E-state index contributed by atoms with van der Waals surface area (Å²) in [5, 5.41) is 7.65. The van der Waals surface area contributed by atoms with Gasteiger partial charge in [0.25, 0.3) is 0 Å². The molecular formula is C11H18N4O. The van der Waals surface area contributed by atoms with Crippen molar-refractivity contribution in [3.8, 4) is 0 Å². The molecule has 0 bridgehead atoms. The third kappa shape index (κ3) is 2.53. The van der Waals surface area contributed by atoms with Crippen LogP contribution in [-0.4, -0.2) is 21.7 Å². The standard InChI is InChI=1S/C11H18N4O/c1-8-3-2-4-9(8)13-11-5-6-15(14-11)7-10(12)16/h5-6,8-9H,2-4,7H2,1H3,(H2,12,16)(H,13,14). The van der Waals surface area contributed by atoms with Crippen LogP contribution in [-0.2, 0) is 11.3 Å². The number of anilines is 1. The summed E-state index contributed by atoms with van der Waals surface area (Å²) in [7, 11) is 0. The Morgan fingerprint density at radius 2 is 2.50 bits per heavy atom. The minimum Gasteiger partial charge on any atom is -0.368 e. The maximum atomic E-state index is 10.7. The molecule has 88 valence electrons. The molecule has 1 fully saturated rings. The number of hydrogen-bond acceptors (Lipinski definition) is 3. The number of carbonyl (C=O) groups is 1. The van der Waals surface area contributed by atoms with Crippen LogP contribution in [0.1, 0.15) is 26.2 Å². The van der Waals surface area contributed by atoms with Crippen LogP contribution in [0.3, 0.4) is 0 Å². The van der Waals surface area contributed by atoms with Crippen LogP contribution in [0.25, 0.3) is 0 Å². The highest BCUT2D eigenvalue weighted by Gasteiger charge is 2.23. The molecule has 5 nitrogen and oxygen atoms in total. The topological polar surface area (TPSA) is 72.9 Å². The first-order valence-electron chi connectivity index (χ1n) is 5.73. The third-order valence-electron chi connectivity index (χ3n) is 3.15. The van der Waals surface area contributed by atoms with Gasteiger partial charge >= 0.3 is 0 Å². The molecule has 1 aromatic rings. The van der Waals surface area contributed by atoms with Gasteiger partial charge in [0.15, 0.2) is 0 Å². The van der Waals surface area contributed by atoms with Gasteiger partial charge in [-0.15, -0.1) is 0 Å². The molecule has 2 rings (SSSR count). The zero-order valence-electron chi connectivity index (χ0n) is 9.52. The first kappa shape index (κ1) is 11.0. The average molecular weight is 222 g/mol. The highest BCUT2D eigenvalue weighted by molar-refractivity contribution is 5.73. The summed E-state index contributed by atoms with van der Waals surface area (Å²) in [5.41, 5.74) is 5.10. The van der Waals surface area contributed by atoms with Crippen LogP contribution >= 0.6 is 0 Å². The number of primary amides is 1. The number of aromatic nitrogens is 2. The van der Waals surface area contributed by atoms with E-state index in [4.69, 9.17) is 5.73 Å². The molecule has 0 spiro atoms.